The highest BCUT2D eigenvalue weighted by Crippen LogP contribution is 2.18. The number of anilines is 1. The predicted octanol–water partition coefficient (Wildman–Crippen LogP) is 3.95. The summed E-state index contributed by atoms with van der Waals surface area (Å²) in [4.78, 5) is 20.8. The summed E-state index contributed by atoms with van der Waals surface area (Å²) in [6, 6.07) is 13.2. The molecule has 2 heterocycles. The summed E-state index contributed by atoms with van der Waals surface area (Å²) in [5.41, 5.74) is 2.79. The normalized spacial score (nSPS) is 10.6. The molecule has 0 bridgehead atoms. The first kappa shape index (κ1) is 13.7. The van der Waals surface area contributed by atoms with Crippen molar-refractivity contribution >= 4 is 38.4 Å². The second kappa shape index (κ2) is 5.61. The lowest BCUT2D eigenvalue weighted by Crippen LogP contribution is -2.14. The van der Waals surface area contributed by atoms with Gasteiger partial charge in [-0.1, -0.05) is 24.3 Å². The molecule has 21 heavy (non-hydrogen) atoms. The van der Waals surface area contributed by atoms with Gasteiger partial charge in [-0.3, -0.25) is 4.79 Å². The number of pyridine rings is 2. The molecule has 0 saturated heterocycles. The lowest BCUT2D eigenvalue weighted by molar-refractivity contribution is 0.102. The van der Waals surface area contributed by atoms with Crippen LogP contribution in [0.2, 0.25) is 0 Å². The van der Waals surface area contributed by atoms with Crippen molar-refractivity contribution in [2.45, 2.75) is 6.92 Å². The first-order valence-corrected chi connectivity index (χ1v) is 7.22. The van der Waals surface area contributed by atoms with E-state index >= 15 is 0 Å². The minimum Gasteiger partial charge on any atom is -0.319 e. The third kappa shape index (κ3) is 2.92. The minimum atomic E-state index is -0.246. The maximum atomic E-state index is 12.2. The maximum Gasteiger partial charge on any atom is 0.274 e. The summed E-state index contributed by atoms with van der Waals surface area (Å²) in [6.07, 6.45) is 1.61. The number of aromatic nitrogens is 2. The van der Waals surface area contributed by atoms with Gasteiger partial charge in [0, 0.05) is 5.39 Å². The Morgan fingerprint density at radius 3 is 2.81 bits per heavy atom. The zero-order valence-electron chi connectivity index (χ0n) is 11.3. The number of aryl methyl sites for hydroxylation is 1. The number of nitrogens with one attached hydrogen (secondary N) is 1. The molecule has 0 spiro atoms. The van der Waals surface area contributed by atoms with Crippen LogP contribution in [-0.2, 0) is 0 Å². The Morgan fingerprint density at radius 1 is 1.19 bits per heavy atom. The van der Waals surface area contributed by atoms with Gasteiger partial charge in [-0.2, -0.15) is 0 Å². The average molecular weight is 342 g/mol. The molecule has 0 aliphatic carbocycles. The van der Waals surface area contributed by atoms with Crippen molar-refractivity contribution in [3.8, 4) is 0 Å². The van der Waals surface area contributed by atoms with Gasteiger partial charge >= 0.3 is 0 Å². The highest BCUT2D eigenvalue weighted by Gasteiger charge is 2.09. The first-order valence-electron chi connectivity index (χ1n) is 6.43. The fraction of sp³-hybridized carbons (Fsp3) is 0.0625. The Bertz CT molecular complexity index is 833. The molecule has 0 radical (unpaired) electrons. The molecule has 0 aliphatic rings. The molecule has 1 aromatic carbocycles. The summed E-state index contributed by atoms with van der Waals surface area (Å²) < 4.78 is 0.768. The number of fused-ring (bicyclic) bond motifs is 1. The van der Waals surface area contributed by atoms with Crippen LogP contribution < -0.4 is 5.32 Å². The highest BCUT2D eigenvalue weighted by molar-refractivity contribution is 9.10. The lowest BCUT2D eigenvalue weighted by atomic mass is 10.2. The molecule has 104 valence electrons. The van der Waals surface area contributed by atoms with Crippen molar-refractivity contribution in [2.75, 3.05) is 5.32 Å². The third-order valence-electron chi connectivity index (χ3n) is 3.10. The van der Waals surface area contributed by atoms with E-state index in [2.05, 4.69) is 31.2 Å². The van der Waals surface area contributed by atoms with Gasteiger partial charge in [0.1, 0.15) is 10.3 Å². The standard InChI is InChI=1S/C16H12BrN3O/c1-10-8-12(9-18-15(10)17)19-16(21)14-7-6-11-4-2-3-5-13(11)20-14/h2-9H,1H3,(H,19,21). The minimum absolute atomic E-state index is 0.246. The van der Waals surface area contributed by atoms with Gasteiger partial charge in [-0.05, 0) is 46.6 Å². The number of rotatable bonds is 2. The molecular formula is C16H12BrN3O. The van der Waals surface area contributed by atoms with Crippen molar-refractivity contribution in [3.05, 3.63) is 64.5 Å². The fourth-order valence-electron chi connectivity index (χ4n) is 2.01. The number of para-hydroxylation sites is 1. The maximum absolute atomic E-state index is 12.2. The molecule has 4 nitrogen and oxygen atoms in total. The molecular weight excluding hydrogens is 330 g/mol. The van der Waals surface area contributed by atoms with Gasteiger partial charge in [0.25, 0.3) is 5.91 Å². The summed E-state index contributed by atoms with van der Waals surface area (Å²) in [5, 5.41) is 3.82. The van der Waals surface area contributed by atoms with E-state index in [1.54, 1.807) is 12.3 Å². The largest absolute Gasteiger partial charge is 0.319 e. The van der Waals surface area contributed by atoms with Gasteiger partial charge in [0.05, 0.1) is 17.4 Å². The van der Waals surface area contributed by atoms with Crippen LogP contribution in [0.15, 0.2) is 53.3 Å². The number of benzene rings is 1. The van der Waals surface area contributed by atoms with Gasteiger partial charge in [0.15, 0.2) is 0 Å². The molecule has 3 aromatic rings. The van der Waals surface area contributed by atoms with Gasteiger partial charge in [0.2, 0.25) is 0 Å². The van der Waals surface area contributed by atoms with Crippen molar-refractivity contribution in [1.29, 1.82) is 0 Å². The van der Waals surface area contributed by atoms with Crippen LogP contribution >= 0.6 is 15.9 Å². The van der Waals surface area contributed by atoms with Crippen LogP contribution in [0.25, 0.3) is 10.9 Å². The van der Waals surface area contributed by atoms with Crippen LogP contribution in [0.3, 0.4) is 0 Å². The number of carbonyl (C=O) groups excluding carboxylic acids is 1. The molecule has 5 heteroatoms. The SMILES string of the molecule is Cc1cc(NC(=O)c2ccc3ccccc3n2)cnc1Br. The van der Waals surface area contributed by atoms with E-state index < -0.39 is 0 Å². The van der Waals surface area contributed by atoms with Gasteiger partial charge in [-0.15, -0.1) is 0 Å². The number of amides is 1. The molecule has 2 aromatic heterocycles. The number of carbonyl (C=O) groups is 1. The van der Waals surface area contributed by atoms with E-state index in [1.165, 1.54) is 0 Å². The Labute approximate surface area is 130 Å². The smallest absolute Gasteiger partial charge is 0.274 e. The molecule has 0 saturated carbocycles. The number of nitrogens with zero attached hydrogens (tertiary/aromatic N) is 2. The first-order chi connectivity index (χ1) is 10.1. The van der Waals surface area contributed by atoms with Crippen molar-refractivity contribution in [3.63, 3.8) is 0 Å². The average Bonchev–Trinajstić information content (AvgIpc) is 2.50. The van der Waals surface area contributed by atoms with Crippen molar-refractivity contribution < 1.29 is 4.79 Å². The van der Waals surface area contributed by atoms with E-state index in [-0.39, 0.29) is 5.91 Å². The number of hydrogen-bond acceptors (Lipinski definition) is 3. The second-order valence-corrected chi connectivity index (χ2v) is 5.43. The highest BCUT2D eigenvalue weighted by atomic mass is 79.9. The quantitative estimate of drug-likeness (QED) is 0.718. The third-order valence-corrected chi connectivity index (χ3v) is 3.93. The summed E-state index contributed by atoms with van der Waals surface area (Å²) in [7, 11) is 0. The molecule has 3 rings (SSSR count). The summed E-state index contributed by atoms with van der Waals surface area (Å²) in [6.45, 7) is 1.92. The number of hydrogen-bond donors (Lipinski definition) is 1. The van der Waals surface area contributed by atoms with Crippen molar-refractivity contribution in [2.24, 2.45) is 0 Å². The molecule has 0 atom stereocenters. The molecule has 0 fully saturated rings. The fourth-order valence-corrected chi connectivity index (χ4v) is 2.23. The van der Waals surface area contributed by atoms with Crippen molar-refractivity contribution in [1.82, 2.24) is 9.97 Å². The van der Waals surface area contributed by atoms with Gasteiger partial charge in [-0.25, -0.2) is 9.97 Å². The Balaban J connectivity index is 1.87. The van der Waals surface area contributed by atoms with E-state index in [0.717, 1.165) is 21.1 Å². The molecule has 1 N–H and O–H groups in total. The van der Waals surface area contributed by atoms with Crippen LogP contribution in [-0.4, -0.2) is 15.9 Å². The van der Waals surface area contributed by atoms with E-state index in [9.17, 15) is 4.79 Å². The van der Waals surface area contributed by atoms with E-state index in [0.29, 0.717) is 11.4 Å². The van der Waals surface area contributed by atoms with Gasteiger partial charge < -0.3 is 5.32 Å². The summed E-state index contributed by atoms with van der Waals surface area (Å²) >= 11 is 3.33. The topological polar surface area (TPSA) is 54.9 Å². The Morgan fingerprint density at radius 2 is 2.00 bits per heavy atom. The second-order valence-electron chi connectivity index (χ2n) is 4.68. The monoisotopic (exact) mass is 341 g/mol. The zero-order valence-corrected chi connectivity index (χ0v) is 12.9. The van der Waals surface area contributed by atoms with Crippen LogP contribution in [0.4, 0.5) is 5.69 Å². The van der Waals surface area contributed by atoms with Crippen LogP contribution in [0, 0.1) is 6.92 Å². The Hall–Kier alpha value is -2.27. The summed E-state index contributed by atoms with van der Waals surface area (Å²) in [5.74, 6) is -0.246. The number of halogens is 1. The van der Waals surface area contributed by atoms with E-state index in [4.69, 9.17) is 0 Å². The zero-order chi connectivity index (χ0) is 14.8. The van der Waals surface area contributed by atoms with E-state index in [1.807, 2.05) is 43.3 Å². The predicted molar refractivity (Wildman–Crippen MR) is 86.4 cm³/mol. The molecule has 1 amide bonds. The van der Waals surface area contributed by atoms with Crippen LogP contribution in [0.5, 0.6) is 0 Å². The molecule has 0 aliphatic heterocycles. The molecule has 0 unspecified atom stereocenters. The van der Waals surface area contributed by atoms with Crippen LogP contribution in [0.1, 0.15) is 16.1 Å². The Kier molecular flexibility index (Phi) is 3.66. The lowest BCUT2D eigenvalue weighted by Gasteiger charge is -2.07.